The fourth-order valence-electron chi connectivity index (χ4n) is 4.61. The Balaban J connectivity index is 0.00000210. The van der Waals surface area contributed by atoms with Gasteiger partial charge in [0.25, 0.3) is 5.91 Å². The fraction of sp³-hybridized carbons (Fsp3) is 0.600. The number of benzene rings is 1. The molecule has 148 valence electrons. The number of nitrogens with one attached hydrogen (secondary N) is 1. The molecule has 0 spiro atoms. The average Bonchev–Trinajstić information content (AvgIpc) is 3.15. The maximum absolute atomic E-state index is 13.1. The third-order valence-electron chi connectivity index (χ3n) is 5.98. The molecule has 2 fully saturated rings. The van der Waals surface area contributed by atoms with Crippen LogP contribution in [0.15, 0.2) is 18.2 Å². The summed E-state index contributed by atoms with van der Waals surface area (Å²) >= 11 is 0. The van der Waals surface area contributed by atoms with Crippen LogP contribution < -0.4 is 10.1 Å². The molecule has 0 radical (unpaired) electrons. The molecule has 0 aromatic heterocycles. The highest BCUT2D eigenvalue weighted by atomic mass is 35.5. The van der Waals surface area contributed by atoms with Crippen LogP contribution in [0.5, 0.6) is 5.75 Å². The Morgan fingerprint density at radius 2 is 2.15 bits per heavy atom. The summed E-state index contributed by atoms with van der Waals surface area (Å²) in [5.74, 6) is 1.48. The molecule has 0 unspecified atom stereocenters. The van der Waals surface area contributed by atoms with E-state index < -0.39 is 0 Å². The minimum atomic E-state index is 0. The van der Waals surface area contributed by atoms with Crippen molar-refractivity contribution in [2.75, 3.05) is 39.8 Å². The first-order chi connectivity index (χ1) is 12.7. The van der Waals surface area contributed by atoms with Gasteiger partial charge in [0.2, 0.25) is 5.91 Å². The molecule has 1 aromatic carbocycles. The Morgan fingerprint density at radius 3 is 2.96 bits per heavy atom. The zero-order chi connectivity index (χ0) is 18.1. The quantitative estimate of drug-likeness (QED) is 0.846. The van der Waals surface area contributed by atoms with Crippen molar-refractivity contribution in [2.45, 2.75) is 31.7 Å². The molecule has 3 aliphatic rings. The van der Waals surface area contributed by atoms with Crippen LogP contribution in [-0.4, -0.2) is 67.5 Å². The number of hydrogen-bond donors (Lipinski definition) is 1. The lowest BCUT2D eigenvalue weighted by atomic mass is 9.83. The number of piperidine rings is 2. The van der Waals surface area contributed by atoms with E-state index in [0.29, 0.717) is 31.1 Å². The van der Waals surface area contributed by atoms with Gasteiger partial charge in [-0.25, -0.2) is 0 Å². The molecular formula is C20H28ClN3O3. The van der Waals surface area contributed by atoms with Gasteiger partial charge in [0.05, 0.1) is 12.2 Å². The van der Waals surface area contributed by atoms with E-state index in [1.165, 1.54) is 0 Å². The first-order valence-electron chi connectivity index (χ1n) is 9.67. The third-order valence-corrected chi connectivity index (χ3v) is 5.98. The molecule has 4 rings (SSSR count). The third kappa shape index (κ3) is 3.78. The molecule has 2 amide bonds. The van der Waals surface area contributed by atoms with Crippen LogP contribution in [0.2, 0.25) is 0 Å². The van der Waals surface area contributed by atoms with Crippen molar-refractivity contribution in [1.29, 1.82) is 0 Å². The zero-order valence-corrected chi connectivity index (χ0v) is 16.6. The molecule has 1 aromatic rings. The Kier molecular flexibility index (Phi) is 6.27. The van der Waals surface area contributed by atoms with Gasteiger partial charge >= 0.3 is 0 Å². The molecule has 0 saturated carbocycles. The zero-order valence-electron chi connectivity index (χ0n) is 15.8. The number of carbonyl (C=O) groups excluding carboxylic acids is 2. The number of ether oxygens (including phenoxy) is 1. The molecule has 2 atom stereocenters. The van der Waals surface area contributed by atoms with Gasteiger partial charge in [-0.3, -0.25) is 9.59 Å². The van der Waals surface area contributed by atoms with Crippen LogP contribution in [0, 0.1) is 5.92 Å². The van der Waals surface area contributed by atoms with Crippen molar-refractivity contribution < 1.29 is 14.3 Å². The Morgan fingerprint density at radius 1 is 1.30 bits per heavy atom. The molecule has 1 N–H and O–H groups in total. The number of carbonyl (C=O) groups is 2. The van der Waals surface area contributed by atoms with Gasteiger partial charge < -0.3 is 19.9 Å². The predicted molar refractivity (Wildman–Crippen MR) is 106 cm³/mol. The molecule has 2 saturated heterocycles. The molecule has 0 aliphatic carbocycles. The number of halogens is 1. The largest absolute Gasteiger partial charge is 0.492 e. The van der Waals surface area contributed by atoms with Crippen molar-refractivity contribution in [3.63, 3.8) is 0 Å². The Hall–Kier alpha value is -1.79. The summed E-state index contributed by atoms with van der Waals surface area (Å²) in [4.78, 5) is 29.4. The SMILES string of the molecule is CNCCN1C(=O)CC[C@H]2CN(C(=O)c3cccc4c3OCC4)CC[C@H]21.Cl. The predicted octanol–water partition coefficient (Wildman–Crippen LogP) is 1.72. The first kappa shape index (κ1) is 20.0. The van der Waals surface area contributed by atoms with E-state index in [1.807, 2.05) is 35.0 Å². The Bertz CT molecular complexity index is 712. The summed E-state index contributed by atoms with van der Waals surface area (Å²) in [6.07, 6.45) is 3.22. The average molecular weight is 394 g/mol. The Labute approximate surface area is 166 Å². The van der Waals surface area contributed by atoms with Gasteiger partial charge in [0.1, 0.15) is 5.75 Å². The minimum absolute atomic E-state index is 0. The second-order valence-electron chi connectivity index (χ2n) is 7.49. The van der Waals surface area contributed by atoms with Crippen LogP contribution in [0.25, 0.3) is 0 Å². The van der Waals surface area contributed by atoms with Crippen LogP contribution in [-0.2, 0) is 11.2 Å². The van der Waals surface area contributed by atoms with Crippen LogP contribution >= 0.6 is 12.4 Å². The van der Waals surface area contributed by atoms with E-state index in [-0.39, 0.29) is 30.3 Å². The van der Waals surface area contributed by atoms with Gasteiger partial charge in [-0.05, 0) is 37.4 Å². The van der Waals surface area contributed by atoms with Crippen molar-refractivity contribution >= 4 is 24.2 Å². The number of amides is 2. The summed E-state index contributed by atoms with van der Waals surface area (Å²) < 4.78 is 5.72. The van der Waals surface area contributed by atoms with Crippen molar-refractivity contribution in [1.82, 2.24) is 15.1 Å². The lowest BCUT2D eigenvalue weighted by Crippen LogP contribution is -2.57. The normalized spacial score (nSPS) is 24.0. The second kappa shape index (κ2) is 8.48. The number of hydrogen-bond acceptors (Lipinski definition) is 4. The maximum atomic E-state index is 13.1. The first-order valence-corrected chi connectivity index (χ1v) is 9.67. The lowest BCUT2D eigenvalue weighted by molar-refractivity contribution is -0.140. The van der Waals surface area contributed by atoms with E-state index in [4.69, 9.17) is 4.74 Å². The lowest BCUT2D eigenvalue weighted by Gasteiger charge is -2.47. The summed E-state index contributed by atoms with van der Waals surface area (Å²) in [6, 6.07) is 6.14. The van der Waals surface area contributed by atoms with Gasteiger partial charge in [0.15, 0.2) is 0 Å². The molecule has 27 heavy (non-hydrogen) atoms. The van der Waals surface area contributed by atoms with Gasteiger partial charge in [-0.2, -0.15) is 0 Å². The van der Waals surface area contributed by atoms with E-state index in [2.05, 4.69) is 5.32 Å². The number of nitrogens with zero attached hydrogens (tertiary/aromatic N) is 2. The molecule has 7 heteroatoms. The van der Waals surface area contributed by atoms with Crippen LogP contribution in [0.1, 0.15) is 35.2 Å². The molecule has 6 nitrogen and oxygen atoms in total. The number of para-hydroxylation sites is 1. The molecule has 0 bridgehead atoms. The number of likely N-dealkylation sites (N-methyl/N-ethyl adjacent to an activating group) is 1. The van der Waals surface area contributed by atoms with E-state index in [0.717, 1.165) is 50.2 Å². The summed E-state index contributed by atoms with van der Waals surface area (Å²) in [6.45, 7) is 3.66. The maximum Gasteiger partial charge on any atom is 0.257 e. The molecular weight excluding hydrogens is 366 g/mol. The molecule has 3 heterocycles. The van der Waals surface area contributed by atoms with E-state index >= 15 is 0 Å². The monoisotopic (exact) mass is 393 g/mol. The van der Waals surface area contributed by atoms with E-state index in [1.54, 1.807) is 0 Å². The molecule has 3 aliphatic heterocycles. The number of fused-ring (bicyclic) bond motifs is 2. The summed E-state index contributed by atoms with van der Waals surface area (Å²) in [5, 5.41) is 3.13. The highest BCUT2D eigenvalue weighted by Crippen LogP contribution is 2.34. The number of rotatable bonds is 4. The van der Waals surface area contributed by atoms with Gasteiger partial charge in [0, 0.05) is 45.1 Å². The van der Waals surface area contributed by atoms with Gasteiger partial charge in [-0.15, -0.1) is 12.4 Å². The number of likely N-dealkylation sites (tertiary alicyclic amines) is 2. The summed E-state index contributed by atoms with van der Waals surface area (Å²) in [7, 11) is 1.91. The van der Waals surface area contributed by atoms with Crippen molar-refractivity contribution in [3.8, 4) is 5.75 Å². The smallest absolute Gasteiger partial charge is 0.257 e. The van der Waals surface area contributed by atoms with E-state index in [9.17, 15) is 9.59 Å². The highest BCUT2D eigenvalue weighted by Gasteiger charge is 2.40. The highest BCUT2D eigenvalue weighted by molar-refractivity contribution is 5.97. The van der Waals surface area contributed by atoms with Crippen molar-refractivity contribution in [3.05, 3.63) is 29.3 Å². The van der Waals surface area contributed by atoms with Crippen LogP contribution in [0.4, 0.5) is 0 Å². The van der Waals surface area contributed by atoms with Crippen molar-refractivity contribution in [2.24, 2.45) is 5.92 Å². The standard InChI is InChI=1S/C20H27N3O3.ClH/c1-21-9-11-23-17-7-10-22(13-15(17)5-6-18(23)24)20(25)16-4-2-3-14-8-12-26-19(14)16;/h2-4,15,17,21H,5-13H2,1H3;1H/t15-,17+;/m0./s1. The second-order valence-corrected chi connectivity index (χ2v) is 7.49. The fourth-order valence-corrected chi connectivity index (χ4v) is 4.61. The van der Waals surface area contributed by atoms with Crippen LogP contribution in [0.3, 0.4) is 0 Å². The topological polar surface area (TPSA) is 61.9 Å². The summed E-state index contributed by atoms with van der Waals surface area (Å²) in [5.41, 5.74) is 1.82. The van der Waals surface area contributed by atoms with Gasteiger partial charge in [-0.1, -0.05) is 12.1 Å². The minimum Gasteiger partial charge on any atom is -0.492 e.